The van der Waals surface area contributed by atoms with Gasteiger partial charge in [0.05, 0.1) is 5.39 Å². The summed E-state index contributed by atoms with van der Waals surface area (Å²) in [6.07, 6.45) is 3.82. The number of aryl methyl sites for hydroxylation is 1. The van der Waals surface area contributed by atoms with Gasteiger partial charge in [0.25, 0.3) is 0 Å². The van der Waals surface area contributed by atoms with E-state index in [2.05, 4.69) is 57.0 Å². The summed E-state index contributed by atoms with van der Waals surface area (Å²) in [5.74, 6) is 0.960. The molecule has 0 aliphatic carbocycles. The molecular formula is C29H25Cl2N5. The SMILES string of the molecule is Cc1ccc(-n2cc(-c3ccccc3)c3c(N4CCN(c5cccc(Cl)c5)CC4)ncnc32)cc1Cl. The molecule has 2 aromatic heterocycles. The van der Waals surface area contributed by atoms with E-state index in [-0.39, 0.29) is 0 Å². The number of aromatic nitrogens is 3. The van der Waals surface area contributed by atoms with Crippen LogP contribution >= 0.6 is 23.2 Å². The molecule has 0 unspecified atom stereocenters. The van der Waals surface area contributed by atoms with E-state index in [9.17, 15) is 0 Å². The number of rotatable bonds is 4. The molecule has 0 saturated carbocycles. The van der Waals surface area contributed by atoms with E-state index in [0.29, 0.717) is 0 Å². The Morgan fingerprint density at radius 2 is 1.53 bits per heavy atom. The molecule has 0 bridgehead atoms. The smallest absolute Gasteiger partial charge is 0.150 e. The van der Waals surface area contributed by atoms with Crippen LogP contribution in [-0.2, 0) is 0 Å². The van der Waals surface area contributed by atoms with E-state index >= 15 is 0 Å². The molecular weight excluding hydrogens is 489 g/mol. The zero-order valence-corrected chi connectivity index (χ0v) is 21.4. The molecule has 0 atom stereocenters. The van der Waals surface area contributed by atoms with Crippen molar-refractivity contribution in [2.45, 2.75) is 6.92 Å². The van der Waals surface area contributed by atoms with Crippen molar-refractivity contribution in [1.29, 1.82) is 0 Å². The first-order valence-corrected chi connectivity index (χ1v) is 12.8. The van der Waals surface area contributed by atoms with Crippen molar-refractivity contribution in [3.05, 3.63) is 101 Å². The van der Waals surface area contributed by atoms with Gasteiger partial charge in [0.2, 0.25) is 0 Å². The van der Waals surface area contributed by atoms with Crippen LogP contribution in [0.3, 0.4) is 0 Å². The first kappa shape index (κ1) is 22.9. The predicted molar refractivity (Wildman–Crippen MR) is 150 cm³/mol. The maximum atomic E-state index is 6.50. The number of nitrogens with zero attached hydrogens (tertiary/aromatic N) is 5. The van der Waals surface area contributed by atoms with Crippen LogP contribution in [0.1, 0.15) is 5.56 Å². The Morgan fingerprint density at radius 3 is 2.28 bits per heavy atom. The van der Waals surface area contributed by atoms with Gasteiger partial charge in [0.1, 0.15) is 12.1 Å². The number of fused-ring (bicyclic) bond motifs is 1. The van der Waals surface area contributed by atoms with Crippen LogP contribution in [0.25, 0.3) is 27.8 Å². The molecule has 0 amide bonds. The number of halogens is 2. The fourth-order valence-corrected chi connectivity index (χ4v) is 5.26. The Balaban J connectivity index is 1.43. The molecule has 3 heterocycles. The minimum atomic E-state index is 0.738. The fraction of sp³-hybridized carbons (Fsp3) is 0.172. The van der Waals surface area contributed by atoms with Crippen LogP contribution in [0, 0.1) is 6.92 Å². The molecule has 0 spiro atoms. The Morgan fingerprint density at radius 1 is 0.750 bits per heavy atom. The molecule has 180 valence electrons. The zero-order valence-electron chi connectivity index (χ0n) is 19.9. The van der Waals surface area contributed by atoms with E-state index in [0.717, 1.165) is 81.1 Å². The monoisotopic (exact) mass is 513 g/mol. The van der Waals surface area contributed by atoms with Gasteiger partial charge in [-0.05, 0) is 48.4 Å². The Kier molecular flexibility index (Phi) is 6.04. The molecule has 36 heavy (non-hydrogen) atoms. The van der Waals surface area contributed by atoms with Crippen molar-refractivity contribution in [2.24, 2.45) is 0 Å². The van der Waals surface area contributed by atoms with Gasteiger partial charge in [-0.2, -0.15) is 0 Å². The second-order valence-electron chi connectivity index (χ2n) is 9.06. The van der Waals surface area contributed by atoms with Gasteiger partial charge >= 0.3 is 0 Å². The van der Waals surface area contributed by atoms with Crippen LogP contribution in [0.5, 0.6) is 0 Å². The molecule has 5 aromatic rings. The summed E-state index contributed by atoms with van der Waals surface area (Å²) in [5.41, 5.74) is 6.29. The lowest BCUT2D eigenvalue weighted by atomic mass is 10.1. The minimum Gasteiger partial charge on any atom is -0.368 e. The number of piperazine rings is 1. The summed E-state index contributed by atoms with van der Waals surface area (Å²) in [5, 5.41) is 2.55. The normalized spacial score (nSPS) is 14.0. The lowest BCUT2D eigenvalue weighted by Crippen LogP contribution is -2.46. The first-order valence-electron chi connectivity index (χ1n) is 12.0. The molecule has 7 heteroatoms. The Hall–Kier alpha value is -3.54. The van der Waals surface area contributed by atoms with Gasteiger partial charge < -0.3 is 14.4 Å². The average molecular weight is 514 g/mol. The topological polar surface area (TPSA) is 37.2 Å². The largest absolute Gasteiger partial charge is 0.368 e. The van der Waals surface area contributed by atoms with Crippen molar-refractivity contribution >= 4 is 45.7 Å². The van der Waals surface area contributed by atoms with E-state index in [1.54, 1.807) is 6.33 Å². The summed E-state index contributed by atoms with van der Waals surface area (Å²) in [7, 11) is 0. The standard InChI is InChI=1S/C29H25Cl2N5/c1-20-10-11-24(17-26(20)31)36-18-25(21-6-3-2-4-7-21)27-28(32-19-33-29(27)36)35-14-12-34(13-15-35)23-9-5-8-22(30)16-23/h2-11,16-19H,12-15H2,1H3. The van der Waals surface area contributed by atoms with Crippen molar-refractivity contribution in [2.75, 3.05) is 36.0 Å². The molecule has 3 aromatic carbocycles. The maximum absolute atomic E-state index is 6.50. The van der Waals surface area contributed by atoms with Crippen LogP contribution in [0.15, 0.2) is 85.3 Å². The third-order valence-electron chi connectivity index (χ3n) is 6.83. The molecule has 6 rings (SSSR count). The molecule has 1 saturated heterocycles. The van der Waals surface area contributed by atoms with Crippen molar-refractivity contribution in [3.63, 3.8) is 0 Å². The molecule has 1 fully saturated rings. The predicted octanol–water partition coefficient (Wildman–Crippen LogP) is 7.03. The van der Waals surface area contributed by atoms with Crippen molar-refractivity contribution in [1.82, 2.24) is 14.5 Å². The number of hydrogen-bond donors (Lipinski definition) is 0. The van der Waals surface area contributed by atoms with Crippen LogP contribution in [-0.4, -0.2) is 40.7 Å². The second-order valence-corrected chi connectivity index (χ2v) is 9.91. The Labute approximate surface area is 220 Å². The minimum absolute atomic E-state index is 0.738. The quantitative estimate of drug-likeness (QED) is 0.258. The lowest BCUT2D eigenvalue weighted by molar-refractivity contribution is 0.649. The van der Waals surface area contributed by atoms with Crippen LogP contribution < -0.4 is 9.80 Å². The summed E-state index contributed by atoms with van der Waals surface area (Å²) >= 11 is 12.7. The van der Waals surface area contributed by atoms with E-state index < -0.39 is 0 Å². The maximum Gasteiger partial charge on any atom is 0.150 e. The van der Waals surface area contributed by atoms with Crippen LogP contribution in [0.4, 0.5) is 11.5 Å². The summed E-state index contributed by atoms with van der Waals surface area (Å²) in [6, 6.07) is 24.6. The average Bonchev–Trinajstić information content (AvgIpc) is 3.31. The molecule has 5 nitrogen and oxygen atoms in total. The molecule has 1 aliphatic heterocycles. The third-order valence-corrected chi connectivity index (χ3v) is 7.48. The second kappa shape index (κ2) is 9.49. The van der Waals surface area contributed by atoms with Crippen molar-refractivity contribution in [3.8, 4) is 16.8 Å². The summed E-state index contributed by atoms with van der Waals surface area (Å²) in [4.78, 5) is 14.3. The summed E-state index contributed by atoms with van der Waals surface area (Å²) < 4.78 is 2.12. The zero-order chi connectivity index (χ0) is 24.6. The highest BCUT2D eigenvalue weighted by Gasteiger charge is 2.24. The fourth-order valence-electron chi connectivity index (χ4n) is 4.90. The van der Waals surface area contributed by atoms with Gasteiger partial charge in [0.15, 0.2) is 5.65 Å². The highest BCUT2D eigenvalue weighted by atomic mass is 35.5. The molecule has 1 aliphatic rings. The van der Waals surface area contributed by atoms with E-state index in [1.165, 1.54) is 0 Å². The molecule has 0 radical (unpaired) electrons. The van der Waals surface area contributed by atoms with Gasteiger partial charge in [-0.15, -0.1) is 0 Å². The first-order chi connectivity index (χ1) is 17.6. The van der Waals surface area contributed by atoms with Gasteiger partial charge in [-0.1, -0.05) is 65.7 Å². The van der Waals surface area contributed by atoms with Gasteiger partial charge in [-0.3, -0.25) is 0 Å². The van der Waals surface area contributed by atoms with Gasteiger partial charge in [-0.25, -0.2) is 9.97 Å². The van der Waals surface area contributed by atoms with Crippen molar-refractivity contribution < 1.29 is 0 Å². The highest BCUT2D eigenvalue weighted by molar-refractivity contribution is 6.31. The lowest BCUT2D eigenvalue weighted by Gasteiger charge is -2.37. The number of hydrogen-bond acceptors (Lipinski definition) is 4. The van der Waals surface area contributed by atoms with Crippen LogP contribution in [0.2, 0.25) is 10.0 Å². The molecule has 0 N–H and O–H groups in total. The Bertz CT molecular complexity index is 1540. The third kappa shape index (κ3) is 4.19. The number of benzene rings is 3. The van der Waals surface area contributed by atoms with E-state index in [4.69, 9.17) is 33.2 Å². The number of anilines is 2. The van der Waals surface area contributed by atoms with E-state index in [1.807, 2.05) is 43.3 Å². The van der Waals surface area contributed by atoms with Gasteiger partial charge in [0, 0.05) is 59.4 Å². The summed E-state index contributed by atoms with van der Waals surface area (Å²) in [6.45, 7) is 5.50. The highest BCUT2D eigenvalue weighted by Crippen LogP contribution is 2.37.